The zero-order valence-electron chi connectivity index (χ0n) is 14.4. The largest absolute Gasteiger partial charge is 0.506 e. The number of para-hydroxylation sites is 1. The number of aromatic nitrogens is 1. The Labute approximate surface area is 150 Å². The summed E-state index contributed by atoms with van der Waals surface area (Å²) in [4.78, 5) is 36.0. The number of benzene rings is 1. The first-order chi connectivity index (χ1) is 12.5. The van der Waals surface area contributed by atoms with E-state index >= 15 is 0 Å². The molecule has 0 spiro atoms. The highest BCUT2D eigenvalue weighted by atomic mass is 16.4. The first kappa shape index (κ1) is 18.0. The van der Waals surface area contributed by atoms with Gasteiger partial charge in [-0.05, 0) is 30.9 Å². The van der Waals surface area contributed by atoms with E-state index in [1.807, 2.05) is 0 Å². The smallest absolute Gasteiger partial charge is 0.322 e. The van der Waals surface area contributed by atoms with Gasteiger partial charge in [0, 0.05) is 11.9 Å². The van der Waals surface area contributed by atoms with Gasteiger partial charge in [-0.15, -0.1) is 0 Å². The number of aliphatic carboxylic acids is 1. The van der Waals surface area contributed by atoms with Crippen LogP contribution in [0.2, 0.25) is 0 Å². The van der Waals surface area contributed by atoms with Crippen LogP contribution in [0, 0.1) is 5.92 Å². The van der Waals surface area contributed by atoms with Crippen molar-refractivity contribution in [1.82, 2.24) is 9.88 Å². The van der Waals surface area contributed by atoms with Gasteiger partial charge in [0.05, 0.1) is 5.52 Å². The molecule has 1 saturated carbocycles. The third kappa shape index (κ3) is 3.56. The van der Waals surface area contributed by atoms with Gasteiger partial charge < -0.3 is 20.1 Å². The molecule has 3 N–H and O–H groups in total. The summed E-state index contributed by atoms with van der Waals surface area (Å²) in [6, 6.07) is 6.90. The van der Waals surface area contributed by atoms with Crippen molar-refractivity contribution in [3.05, 3.63) is 40.2 Å². The molecule has 0 bridgehead atoms. The molecule has 1 aliphatic rings. The van der Waals surface area contributed by atoms with Gasteiger partial charge in [-0.3, -0.25) is 14.4 Å². The average Bonchev–Trinajstić information content (AvgIpc) is 2.64. The molecule has 1 aromatic heterocycles. The standard InChI is InChI=1S/C19H22N2O5/c22-15(23)10-20-18(25)16-17(24)13-8-4-5-9-14(13)21(19(16)26)11-12-6-2-1-3-7-12/h4-5,8-9,12,24H,1-3,6-7,10-11H2,(H,20,25)(H,22,23). The molecule has 0 saturated heterocycles. The molecule has 1 heterocycles. The summed E-state index contributed by atoms with van der Waals surface area (Å²) in [6.07, 6.45) is 5.51. The van der Waals surface area contributed by atoms with E-state index in [1.165, 1.54) is 6.42 Å². The van der Waals surface area contributed by atoms with Gasteiger partial charge in [-0.1, -0.05) is 31.4 Å². The van der Waals surface area contributed by atoms with Crippen LogP contribution in [0.4, 0.5) is 0 Å². The Morgan fingerprint density at radius 3 is 2.54 bits per heavy atom. The van der Waals surface area contributed by atoms with Crippen LogP contribution in [-0.2, 0) is 11.3 Å². The summed E-state index contributed by atoms with van der Waals surface area (Å²) in [5.41, 5.74) is -0.411. The van der Waals surface area contributed by atoms with Crippen LogP contribution in [0.15, 0.2) is 29.1 Å². The molecule has 3 rings (SSSR count). The molecule has 0 unspecified atom stereocenters. The Bertz CT molecular complexity index is 897. The Morgan fingerprint density at radius 1 is 1.15 bits per heavy atom. The van der Waals surface area contributed by atoms with Crippen LogP contribution in [0.25, 0.3) is 10.9 Å². The SMILES string of the molecule is O=C(O)CNC(=O)c1c(O)c2ccccc2n(CC2CCCCC2)c1=O. The maximum Gasteiger partial charge on any atom is 0.322 e. The minimum Gasteiger partial charge on any atom is -0.506 e. The molecule has 1 aliphatic carbocycles. The fraction of sp³-hybridized carbons (Fsp3) is 0.421. The predicted octanol–water partition coefficient (Wildman–Crippen LogP) is 2.10. The number of nitrogens with one attached hydrogen (secondary N) is 1. The van der Waals surface area contributed by atoms with Crippen molar-refractivity contribution in [1.29, 1.82) is 0 Å². The zero-order valence-corrected chi connectivity index (χ0v) is 14.4. The van der Waals surface area contributed by atoms with Crippen LogP contribution < -0.4 is 10.9 Å². The molecule has 7 nitrogen and oxygen atoms in total. The highest BCUT2D eigenvalue weighted by Gasteiger charge is 2.24. The van der Waals surface area contributed by atoms with Crippen molar-refractivity contribution >= 4 is 22.8 Å². The lowest BCUT2D eigenvalue weighted by Gasteiger charge is -2.24. The number of carboxylic acid groups (broad SMARTS) is 1. The monoisotopic (exact) mass is 358 g/mol. The molecule has 138 valence electrons. The van der Waals surface area contributed by atoms with E-state index in [2.05, 4.69) is 5.32 Å². The number of carbonyl (C=O) groups is 2. The molecule has 1 fully saturated rings. The topological polar surface area (TPSA) is 109 Å². The minimum absolute atomic E-state index is 0.351. The number of nitrogens with zero attached hydrogens (tertiary/aromatic N) is 1. The van der Waals surface area contributed by atoms with Crippen LogP contribution in [0.3, 0.4) is 0 Å². The van der Waals surface area contributed by atoms with Gasteiger partial charge in [0.1, 0.15) is 17.9 Å². The average molecular weight is 358 g/mol. The van der Waals surface area contributed by atoms with Crippen molar-refractivity contribution in [3.8, 4) is 5.75 Å². The first-order valence-electron chi connectivity index (χ1n) is 8.83. The Hall–Kier alpha value is -2.83. The number of carbonyl (C=O) groups excluding carboxylic acids is 1. The molecule has 0 atom stereocenters. The third-order valence-electron chi connectivity index (χ3n) is 4.94. The number of fused-ring (bicyclic) bond motifs is 1. The number of hydrogen-bond donors (Lipinski definition) is 3. The zero-order chi connectivity index (χ0) is 18.7. The summed E-state index contributed by atoms with van der Waals surface area (Å²) in [5, 5.41) is 21.8. The van der Waals surface area contributed by atoms with Crippen LogP contribution in [0.1, 0.15) is 42.5 Å². The highest BCUT2D eigenvalue weighted by Crippen LogP contribution is 2.29. The van der Waals surface area contributed by atoms with Crippen LogP contribution in [0.5, 0.6) is 5.75 Å². The van der Waals surface area contributed by atoms with E-state index in [0.29, 0.717) is 23.4 Å². The number of rotatable bonds is 5. The summed E-state index contributed by atoms with van der Waals surface area (Å²) in [7, 11) is 0. The first-order valence-corrected chi connectivity index (χ1v) is 8.83. The van der Waals surface area contributed by atoms with Crippen molar-refractivity contribution in [2.45, 2.75) is 38.6 Å². The summed E-state index contributed by atoms with van der Waals surface area (Å²) in [5.74, 6) is -2.16. The van der Waals surface area contributed by atoms with Gasteiger partial charge in [0.15, 0.2) is 0 Å². The normalized spacial score (nSPS) is 15.1. The highest BCUT2D eigenvalue weighted by molar-refractivity contribution is 6.03. The summed E-state index contributed by atoms with van der Waals surface area (Å²) < 4.78 is 1.54. The Kier molecular flexibility index (Phi) is 5.25. The van der Waals surface area contributed by atoms with Crippen molar-refractivity contribution < 1.29 is 19.8 Å². The maximum absolute atomic E-state index is 13.0. The predicted molar refractivity (Wildman–Crippen MR) is 96.4 cm³/mol. The maximum atomic E-state index is 13.0. The molecular formula is C19H22N2O5. The Morgan fingerprint density at radius 2 is 1.85 bits per heavy atom. The summed E-state index contributed by atoms with van der Waals surface area (Å²) >= 11 is 0. The van der Waals surface area contributed by atoms with E-state index in [1.54, 1.807) is 28.8 Å². The lowest BCUT2D eigenvalue weighted by molar-refractivity contribution is -0.135. The van der Waals surface area contributed by atoms with Gasteiger partial charge in [-0.25, -0.2) is 0 Å². The lowest BCUT2D eigenvalue weighted by Crippen LogP contribution is -2.36. The van der Waals surface area contributed by atoms with Gasteiger partial charge in [0.2, 0.25) is 0 Å². The second kappa shape index (κ2) is 7.59. The van der Waals surface area contributed by atoms with Gasteiger partial charge >= 0.3 is 5.97 Å². The Balaban J connectivity index is 2.08. The van der Waals surface area contributed by atoms with Crippen LogP contribution >= 0.6 is 0 Å². The third-order valence-corrected chi connectivity index (χ3v) is 4.94. The molecule has 2 aromatic rings. The van der Waals surface area contributed by atoms with E-state index in [4.69, 9.17) is 5.11 Å². The molecule has 0 radical (unpaired) electrons. The van der Waals surface area contributed by atoms with Crippen molar-refractivity contribution in [2.24, 2.45) is 5.92 Å². The molecule has 26 heavy (non-hydrogen) atoms. The molecular weight excluding hydrogens is 336 g/mol. The van der Waals surface area contributed by atoms with Crippen molar-refractivity contribution in [3.63, 3.8) is 0 Å². The fourth-order valence-electron chi connectivity index (χ4n) is 3.65. The number of amides is 1. The van der Waals surface area contributed by atoms with E-state index in [9.17, 15) is 19.5 Å². The molecule has 0 aliphatic heterocycles. The van der Waals surface area contributed by atoms with E-state index < -0.39 is 35.3 Å². The number of hydrogen-bond acceptors (Lipinski definition) is 4. The minimum atomic E-state index is -1.22. The van der Waals surface area contributed by atoms with Gasteiger partial charge in [0.25, 0.3) is 11.5 Å². The van der Waals surface area contributed by atoms with Gasteiger partial charge in [-0.2, -0.15) is 0 Å². The number of carboxylic acids is 1. The quantitative estimate of drug-likeness (QED) is 0.758. The fourth-order valence-corrected chi connectivity index (χ4v) is 3.65. The second-order valence-electron chi connectivity index (χ2n) is 6.74. The lowest BCUT2D eigenvalue weighted by atomic mass is 9.89. The molecule has 7 heteroatoms. The van der Waals surface area contributed by atoms with E-state index in [0.717, 1.165) is 25.7 Å². The second-order valence-corrected chi connectivity index (χ2v) is 6.74. The molecule has 1 amide bonds. The van der Waals surface area contributed by atoms with Crippen LogP contribution in [-0.4, -0.2) is 33.2 Å². The molecule has 1 aromatic carbocycles. The summed E-state index contributed by atoms with van der Waals surface area (Å²) in [6.45, 7) is -0.133. The number of aromatic hydroxyl groups is 1. The number of pyridine rings is 1. The van der Waals surface area contributed by atoms with E-state index in [-0.39, 0.29) is 0 Å². The van der Waals surface area contributed by atoms with Crippen molar-refractivity contribution in [2.75, 3.05) is 6.54 Å².